The largest absolute Gasteiger partial charge is 0.494 e. The van der Waals surface area contributed by atoms with Gasteiger partial charge in [0.05, 0.1) is 36.1 Å². The summed E-state index contributed by atoms with van der Waals surface area (Å²) in [6.45, 7) is 3.26. The lowest BCUT2D eigenvalue weighted by Crippen LogP contribution is -2.21. The normalized spacial score (nSPS) is 11.5. The molecule has 0 aliphatic carbocycles. The number of hydrogen-bond acceptors (Lipinski definition) is 7. The second-order valence-corrected chi connectivity index (χ2v) is 7.41. The SMILES string of the molecule is CCOc1ccc(OCC(=O)N=c2sc3cc(C(=O)OC)ccc3n2CCOC)cc1. The maximum Gasteiger partial charge on any atom is 0.337 e. The Kier molecular flexibility index (Phi) is 7.80. The van der Waals surface area contributed by atoms with Gasteiger partial charge < -0.3 is 23.5 Å². The summed E-state index contributed by atoms with van der Waals surface area (Å²) in [6.07, 6.45) is 0. The lowest BCUT2D eigenvalue weighted by molar-refractivity contribution is -0.120. The first-order chi connectivity index (χ1) is 15.0. The summed E-state index contributed by atoms with van der Waals surface area (Å²) in [5, 5.41) is 0. The van der Waals surface area contributed by atoms with Gasteiger partial charge in [0.2, 0.25) is 0 Å². The molecule has 0 saturated heterocycles. The highest BCUT2D eigenvalue weighted by molar-refractivity contribution is 7.16. The molecule has 0 atom stereocenters. The quantitative estimate of drug-likeness (QED) is 0.472. The van der Waals surface area contributed by atoms with Gasteiger partial charge in [-0.25, -0.2) is 4.79 Å². The molecule has 0 aliphatic heterocycles. The first-order valence-electron chi connectivity index (χ1n) is 9.69. The van der Waals surface area contributed by atoms with Crippen LogP contribution >= 0.6 is 11.3 Å². The van der Waals surface area contributed by atoms with E-state index in [2.05, 4.69) is 4.99 Å². The minimum Gasteiger partial charge on any atom is -0.494 e. The predicted octanol–water partition coefficient (Wildman–Crippen LogP) is 3.04. The van der Waals surface area contributed by atoms with Gasteiger partial charge in [-0.2, -0.15) is 4.99 Å². The van der Waals surface area contributed by atoms with E-state index in [0.29, 0.717) is 35.9 Å². The van der Waals surface area contributed by atoms with Gasteiger partial charge in [0, 0.05) is 13.7 Å². The van der Waals surface area contributed by atoms with Crippen LogP contribution in [0, 0.1) is 0 Å². The van der Waals surface area contributed by atoms with E-state index in [1.807, 2.05) is 17.6 Å². The predicted molar refractivity (Wildman–Crippen MR) is 117 cm³/mol. The second-order valence-electron chi connectivity index (χ2n) is 6.40. The van der Waals surface area contributed by atoms with Crippen molar-refractivity contribution >= 4 is 33.4 Å². The van der Waals surface area contributed by atoms with Crippen molar-refractivity contribution in [2.75, 3.05) is 34.0 Å². The van der Waals surface area contributed by atoms with E-state index in [1.54, 1.807) is 43.5 Å². The summed E-state index contributed by atoms with van der Waals surface area (Å²) < 4.78 is 23.6. The molecule has 9 heteroatoms. The zero-order chi connectivity index (χ0) is 22.2. The fraction of sp³-hybridized carbons (Fsp3) is 0.318. The van der Waals surface area contributed by atoms with Gasteiger partial charge in [0.1, 0.15) is 11.5 Å². The number of carbonyl (C=O) groups excluding carboxylic acids is 2. The Hall–Kier alpha value is -3.17. The van der Waals surface area contributed by atoms with E-state index in [0.717, 1.165) is 16.0 Å². The number of esters is 1. The zero-order valence-corrected chi connectivity index (χ0v) is 18.4. The lowest BCUT2D eigenvalue weighted by atomic mass is 10.2. The van der Waals surface area contributed by atoms with E-state index >= 15 is 0 Å². The molecule has 0 saturated carbocycles. The van der Waals surface area contributed by atoms with Gasteiger partial charge in [-0.3, -0.25) is 4.79 Å². The molecule has 0 radical (unpaired) electrons. The minimum absolute atomic E-state index is 0.195. The molecule has 0 unspecified atom stereocenters. The van der Waals surface area contributed by atoms with Gasteiger partial charge in [0.15, 0.2) is 11.4 Å². The Bertz CT molecular complexity index is 1120. The van der Waals surface area contributed by atoms with Crippen LogP contribution in [0.4, 0.5) is 0 Å². The molecule has 0 N–H and O–H groups in total. The molecule has 0 spiro atoms. The molecule has 3 rings (SSSR count). The van der Waals surface area contributed by atoms with E-state index in [-0.39, 0.29) is 6.61 Å². The average Bonchev–Trinajstić information content (AvgIpc) is 3.12. The fourth-order valence-corrected chi connectivity index (χ4v) is 4.00. The maximum absolute atomic E-state index is 12.5. The third-order valence-corrected chi connectivity index (χ3v) is 5.38. The van der Waals surface area contributed by atoms with E-state index in [1.165, 1.54) is 18.4 Å². The summed E-state index contributed by atoms with van der Waals surface area (Å²) in [5.41, 5.74) is 1.29. The van der Waals surface area contributed by atoms with Crippen LogP contribution in [0.3, 0.4) is 0 Å². The van der Waals surface area contributed by atoms with Crippen molar-refractivity contribution in [2.45, 2.75) is 13.5 Å². The summed E-state index contributed by atoms with van der Waals surface area (Å²) in [7, 11) is 2.95. The van der Waals surface area contributed by atoms with E-state index in [4.69, 9.17) is 18.9 Å². The molecule has 0 bridgehead atoms. The number of aromatic nitrogens is 1. The molecule has 2 aromatic carbocycles. The molecule has 1 amide bonds. The van der Waals surface area contributed by atoms with Gasteiger partial charge >= 0.3 is 5.97 Å². The third kappa shape index (κ3) is 5.71. The Balaban J connectivity index is 1.82. The third-order valence-electron chi connectivity index (χ3n) is 4.34. The summed E-state index contributed by atoms with van der Waals surface area (Å²) in [5.74, 6) is 0.455. The van der Waals surface area contributed by atoms with Crippen molar-refractivity contribution < 1.29 is 28.5 Å². The highest BCUT2D eigenvalue weighted by Crippen LogP contribution is 2.20. The number of ether oxygens (including phenoxy) is 4. The number of amides is 1. The van der Waals surface area contributed by atoms with Crippen molar-refractivity contribution in [1.29, 1.82) is 0 Å². The topological polar surface area (TPSA) is 88.4 Å². The van der Waals surface area contributed by atoms with Crippen molar-refractivity contribution in [3.05, 3.63) is 52.8 Å². The number of fused-ring (bicyclic) bond motifs is 1. The van der Waals surface area contributed by atoms with Crippen LogP contribution in [0.15, 0.2) is 47.5 Å². The number of nitrogens with zero attached hydrogens (tertiary/aromatic N) is 2. The Morgan fingerprint density at radius 1 is 1.03 bits per heavy atom. The van der Waals surface area contributed by atoms with Gasteiger partial charge in [-0.05, 0) is 49.4 Å². The smallest absolute Gasteiger partial charge is 0.337 e. The number of thiazole rings is 1. The summed E-state index contributed by atoms with van der Waals surface area (Å²) in [4.78, 5) is 29.0. The first kappa shape index (κ1) is 22.5. The first-order valence-corrected chi connectivity index (χ1v) is 10.5. The average molecular weight is 445 g/mol. The number of carbonyl (C=O) groups is 2. The van der Waals surface area contributed by atoms with E-state index in [9.17, 15) is 9.59 Å². The Morgan fingerprint density at radius 3 is 2.39 bits per heavy atom. The molecule has 0 fully saturated rings. The number of methoxy groups -OCH3 is 2. The number of benzene rings is 2. The van der Waals surface area contributed by atoms with Crippen LogP contribution in [0.5, 0.6) is 11.5 Å². The molecular formula is C22H24N2O6S. The molecule has 164 valence electrons. The van der Waals surface area contributed by atoms with Crippen LogP contribution < -0.4 is 14.3 Å². The van der Waals surface area contributed by atoms with Crippen LogP contribution in [0.25, 0.3) is 10.2 Å². The van der Waals surface area contributed by atoms with Crippen molar-refractivity contribution in [1.82, 2.24) is 4.57 Å². The lowest BCUT2D eigenvalue weighted by Gasteiger charge is -2.06. The van der Waals surface area contributed by atoms with Crippen LogP contribution in [0.1, 0.15) is 17.3 Å². The Labute approximate surface area is 183 Å². The molecule has 8 nitrogen and oxygen atoms in total. The summed E-state index contributed by atoms with van der Waals surface area (Å²) in [6, 6.07) is 12.3. The van der Waals surface area contributed by atoms with Crippen LogP contribution in [-0.4, -0.2) is 50.5 Å². The Morgan fingerprint density at radius 2 is 1.74 bits per heavy atom. The molecule has 0 aliphatic rings. The number of hydrogen-bond donors (Lipinski definition) is 0. The second kappa shape index (κ2) is 10.7. The van der Waals surface area contributed by atoms with Crippen molar-refractivity contribution in [2.24, 2.45) is 4.99 Å². The minimum atomic E-state index is -0.419. The standard InChI is InChI=1S/C22H24N2O6S/c1-4-29-16-6-8-17(9-7-16)30-14-20(25)23-22-24(11-12-27-2)18-10-5-15(21(26)28-3)13-19(18)31-22/h5-10,13H,4,11-12,14H2,1-3H3. The van der Waals surface area contributed by atoms with Gasteiger partial charge in [0.25, 0.3) is 5.91 Å². The van der Waals surface area contributed by atoms with Gasteiger partial charge in [-0.1, -0.05) is 11.3 Å². The maximum atomic E-state index is 12.5. The number of rotatable bonds is 9. The van der Waals surface area contributed by atoms with Crippen LogP contribution in [-0.2, 0) is 20.8 Å². The molecule has 31 heavy (non-hydrogen) atoms. The zero-order valence-electron chi connectivity index (χ0n) is 17.6. The van der Waals surface area contributed by atoms with Crippen molar-refractivity contribution in [3.8, 4) is 11.5 Å². The monoisotopic (exact) mass is 444 g/mol. The molecule has 3 aromatic rings. The van der Waals surface area contributed by atoms with E-state index < -0.39 is 11.9 Å². The highest BCUT2D eigenvalue weighted by atomic mass is 32.1. The molecule has 1 aromatic heterocycles. The molecular weight excluding hydrogens is 420 g/mol. The molecule has 1 heterocycles. The van der Waals surface area contributed by atoms with Crippen molar-refractivity contribution in [3.63, 3.8) is 0 Å². The fourth-order valence-electron chi connectivity index (χ4n) is 2.88. The summed E-state index contributed by atoms with van der Waals surface area (Å²) >= 11 is 1.31. The highest BCUT2D eigenvalue weighted by Gasteiger charge is 2.12. The van der Waals surface area contributed by atoms with Gasteiger partial charge in [-0.15, -0.1) is 0 Å². The van der Waals surface area contributed by atoms with Crippen LogP contribution in [0.2, 0.25) is 0 Å².